The molecule has 10 heavy (non-hydrogen) atoms. The maximum Gasteiger partial charge on any atom is 0.220 e. The van der Waals surface area contributed by atoms with Gasteiger partial charge in [-0.05, 0) is 12.1 Å². The Morgan fingerprint density at radius 1 is 1.50 bits per heavy atom. The van der Waals surface area contributed by atoms with Gasteiger partial charge >= 0.3 is 0 Å². The van der Waals surface area contributed by atoms with Crippen LogP contribution in [0.1, 0.15) is 0 Å². The lowest BCUT2D eigenvalue weighted by molar-refractivity contribution is 0.313. The molecule has 0 aliphatic heterocycles. The second-order valence-electron chi connectivity index (χ2n) is 1.80. The molecule has 1 aromatic rings. The molecule has 0 saturated carbocycles. The molecule has 0 bridgehead atoms. The summed E-state index contributed by atoms with van der Waals surface area (Å²) in [6.45, 7) is 0. The summed E-state index contributed by atoms with van der Waals surface area (Å²) in [7, 11) is 1.33. The number of methoxy groups -OCH3 is 1. The predicted molar refractivity (Wildman–Crippen MR) is 33.1 cm³/mol. The molecule has 53 valence electrons. The van der Waals surface area contributed by atoms with Gasteiger partial charge in [0.05, 0.1) is 7.11 Å². The van der Waals surface area contributed by atoms with Gasteiger partial charge in [-0.15, -0.1) is 0 Å². The van der Waals surface area contributed by atoms with Gasteiger partial charge in [0.2, 0.25) is 5.75 Å². The Labute approximate surface area is 57.9 Å². The van der Waals surface area contributed by atoms with E-state index in [9.17, 15) is 9.50 Å². The molecule has 0 N–H and O–H groups in total. The number of hydrogen-bond acceptors (Lipinski definition) is 1. The van der Waals surface area contributed by atoms with Crippen molar-refractivity contribution < 1.29 is 14.2 Å². The average molecular weight is 141 g/mol. The molecular weight excluding hydrogens is 135 g/mol. The molecule has 0 fully saturated rings. The van der Waals surface area contributed by atoms with Gasteiger partial charge in [0, 0.05) is 6.07 Å². The quantitative estimate of drug-likeness (QED) is 0.587. The highest BCUT2D eigenvalue weighted by Crippen LogP contribution is 2.25. The van der Waals surface area contributed by atoms with Gasteiger partial charge in [-0.3, -0.25) is 5.11 Å². The predicted octanol–water partition coefficient (Wildman–Crippen LogP) is 1.98. The lowest BCUT2D eigenvalue weighted by atomic mass is 10.3. The second-order valence-corrected chi connectivity index (χ2v) is 1.80. The molecule has 2 nitrogen and oxygen atoms in total. The molecule has 1 rings (SSSR count). The zero-order valence-corrected chi connectivity index (χ0v) is 5.43. The normalized spacial score (nSPS) is 9.40. The van der Waals surface area contributed by atoms with Crippen LogP contribution in [0.5, 0.6) is 11.5 Å². The van der Waals surface area contributed by atoms with Crippen molar-refractivity contribution in [2.45, 2.75) is 0 Å². The van der Waals surface area contributed by atoms with Gasteiger partial charge in [0.1, 0.15) is 5.82 Å². The van der Waals surface area contributed by atoms with Crippen LogP contribution in [0.4, 0.5) is 4.39 Å². The number of hydrogen-bond donors (Lipinski definition) is 0. The third-order valence-electron chi connectivity index (χ3n) is 1.13. The first-order valence-corrected chi connectivity index (χ1v) is 2.74. The van der Waals surface area contributed by atoms with E-state index in [1.165, 1.54) is 7.11 Å². The lowest BCUT2D eigenvalue weighted by Crippen LogP contribution is -1.83. The summed E-state index contributed by atoms with van der Waals surface area (Å²) in [5, 5.41) is 10.7. The molecule has 0 aromatic heterocycles. The Morgan fingerprint density at radius 3 is 2.70 bits per heavy atom. The minimum Gasteiger partial charge on any atom is -0.493 e. The zero-order chi connectivity index (χ0) is 7.56. The maximum atomic E-state index is 12.3. The van der Waals surface area contributed by atoms with E-state index >= 15 is 0 Å². The van der Waals surface area contributed by atoms with E-state index in [-0.39, 0.29) is 11.5 Å². The van der Waals surface area contributed by atoms with Crippen molar-refractivity contribution in [3.05, 3.63) is 24.0 Å². The van der Waals surface area contributed by atoms with Crippen LogP contribution in [0.3, 0.4) is 0 Å². The van der Waals surface area contributed by atoms with Gasteiger partial charge < -0.3 is 4.74 Å². The van der Waals surface area contributed by atoms with Crippen LogP contribution in [0.15, 0.2) is 18.2 Å². The molecular formula is C7H6FO2. The molecule has 0 aliphatic rings. The van der Waals surface area contributed by atoms with Crippen molar-refractivity contribution in [2.75, 3.05) is 7.11 Å². The Kier molecular flexibility index (Phi) is 1.76. The van der Waals surface area contributed by atoms with E-state index in [1.807, 2.05) is 0 Å². The fourth-order valence-corrected chi connectivity index (χ4v) is 0.641. The van der Waals surface area contributed by atoms with Crippen LogP contribution in [0.2, 0.25) is 0 Å². The van der Waals surface area contributed by atoms with Crippen molar-refractivity contribution in [3.8, 4) is 11.5 Å². The van der Waals surface area contributed by atoms with Crippen molar-refractivity contribution in [3.63, 3.8) is 0 Å². The zero-order valence-electron chi connectivity index (χ0n) is 5.43. The van der Waals surface area contributed by atoms with E-state index in [0.717, 1.165) is 18.2 Å². The van der Waals surface area contributed by atoms with Gasteiger partial charge in [0.15, 0.2) is 5.75 Å². The number of halogens is 1. The molecule has 0 unspecified atom stereocenters. The third-order valence-corrected chi connectivity index (χ3v) is 1.13. The van der Waals surface area contributed by atoms with Crippen LogP contribution in [0, 0.1) is 5.82 Å². The molecule has 3 heteroatoms. The van der Waals surface area contributed by atoms with E-state index < -0.39 is 5.82 Å². The monoisotopic (exact) mass is 141 g/mol. The molecule has 0 amide bonds. The molecule has 0 saturated heterocycles. The molecule has 0 atom stereocenters. The highest BCUT2D eigenvalue weighted by Gasteiger charge is 2.02. The van der Waals surface area contributed by atoms with Gasteiger partial charge in [0.25, 0.3) is 0 Å². The fraction of sp³-hybridized carbons (Fsp3) is 0.143. The second kappa shape index (κ2) is 2.56. The molecule has 1 aromatic carbocycles. The SMILES string of the molecule is COc1cc(F)ccc1[O]. The van der Waals surface area contributed by atoms with Gasteiger partial charge in [-0.1, -0.05) is 0 Å². The van der Waals surface area contributed by atoms with E-state index in [0.29, 0.717) is 0 Å². The summed E-state index contributed by atoms with van der Waals surface area (Å²) in [6.07, 6.45) is 0. The summed E-state index contributed by atoms with van der Waals surface area (Å²) in [5.74, 6) is -0.722. The van der Waals surface area contributed by atoms with E-state index in [1.54, 1.807) is 0 Å². The number of ether oxygens (including phenoxy) is 1. The maximum absolute atomic E-state index is 12.3. The van der Waals surface area contributed by atoms with Crippen LogP contribution >= 0.6 is 0 Å². The standard InChI is InChI=1S/C7H6FO2/c1-10-7-4-5(8)2-3-6(7)9/h2-4H,1H3. The highest BCUT2D eigenvalue weighted by atomic mass is 19.1. The van der Waals surface area contributed by atoms with Crippen molar-refractivity contribution >= 4 is 0 Å². The first kappa shape index (κ1) is 6.86. The summed E-state index contributed by atoms with van der Waals surface area (Å²) in [6, 6.07) is 3.29. The van der Waals surface area contributed by atoms with Gasteiger partial charge in [-0.25, -0.2) is 4.39 Å². The minimum atomic E-state index is -0.462. The highest BCUT2D eigenvalue weighted by molar-refractivity contribution is 5.38. The average Bonchev–Trinajstić information content (AvgIpc) is 1.94. The number of rotatable bonds is 1. The Morgan fingerprint density at radius 2 is 2.20 bits per heavy atom. The third kappa shape index (κ3) is 1.18. The Hall–Kier alpha value is -1.25. The van der Waals surface area contributed by atoms with E-state index in [4.69, 9.17) is 0 Å². The number of benzene rings is 1. The lowest BCUT2D eigenvalue weighted by Gasteiger charge is -1.98. The molecule has 0 heterocycles. The summed E-state index contributed by atoms with van der Waals surface area (Å²) in [4.78, 5) is 0. The Bertz CT molecular complexity index is 235. The van der Waals surface area contributed by atoms with Crippen molar-refractivity contribution in [1.82, 2.24) is 0 Å². The molecule has 0 aliphatic carbocycles. The Balaban J connectivity index is 3.09. The van der Waals surface area contributed by atoms with Crippen LogP contribution in [0.25, 0.3) is 0 Å². The van der Waals surface area contributed by atoms with Gasteiger partial charge in [-0.2, -0.15) is 0 Å². The summed E-state index contributed by atoms with van der Waals surface area (Å²) >= 11 is 0. The van der Waals surface area contributed by atoms with Crippen LogP contribution in [-0.2, 0) is 5.11 Å². The first-order valence-electron chi connectivity index (χ1n) is 2.74. The summed E-state index contributed by atoms with van der Waals surface area (Å²) in [5.41, 5.74) is 0. The first-order chi connectivity index (χ1) is 4.74. The minimum absolute atomic E-state index is 0.0417. The molecule has 0 spiro atoms. The van der Waals surface area contributed by atoms with Crippen LogP contribution in [-0.4, -0.2) is 7.11 Å². The topological polar surface area (TPSA) is 29.1 Å². The largest absolute Gasteiger partial charge is 0.493 e. The smallest absolute Gasteiger partial charge is 0.220 e. The summed E-state index contributed by atoms with van der Waals surface area (Å²) < 4.78 is 16.9. The molecule has 1 radical (unpaired) electrons. The van der Waals surface area contributed by atoms with Crippen molar-refractivity contribution in [1.29, 1.82) is 0 Å². The van der Waals surface area contributed by atoms with Crippen LogP contribution < -0.4 is 4.74 Å². The van der Waals surface area contributed by atoms with Crippen molar-refractivity contribution in [2.24, 2.45) is 0 Å². The van der Waals surface area contributed by atoms with E-state index in [2.05, 4.69) is 4.74 Å². The fourth-order valence-electron chi connectivity index (χ4n) is 0.641.